The van der Waals surface area contributed by atoms with Gasteiger partial charge in [0.2, 0.25) is 0 Å². The van der Waals surface area contributed by atoms with Crippen LogP contribution in [0.4, 0.5) is 4.39 Å². The van der Waals surface area contributed by atoms with E-state index >= 15 is 0 Å². The molecule has 0 spiro atoms. The lowest BCUT2D eigenvalue weighted by Crippen LogP contribution is -2.38. The molecule has 1 aliphatic rings. The summed E-state index contributed by atoms with van der Waals surface area (Å²) in [6, 6.07) is 5.70. The molecule has 26 heavy (non-hydrogen) atoms. The fourth-order valence-electron chi connectivity index (χ4n) is 3.24. The molecule has 6 nitrogen and oxygen atoms in total. The van der Waals surface area contributed by atoms with Crippen LogP contribution in [-0.2, 0) is 0 Å². The van der Waals surface area contributed by atoms with Crippen molar-refractivity contribution in [2.75, 3.05) is 13.1 Å². The molecular formula is C19H18FN5O. The summed E-state index contributed by atoms with van der Waals surface area (Å²) in [5.41, 5.74) is 1.46. The second-order valence-electron chi connectivity index (χ2n) is 6.35. The first-order valence-corrected chi connectivity index (χ1v) is 8.56. The number of carbonyl (C=O) groups excluding carboxylic acids is 1. The zero-order valence-electron chi connectivity index (χ0n) is 14.1. The van der Waals surface area contributed by atoms with E-state index in [2.05, 4.69) is 9.97 Å². The SMILES string of the molecule is O=C(c1ccc(F)cc1)N1CCC(c2cncc(-n3ccnc3)n2)CC1. The summed E-state index contributed by atoms with van der Waals surface area (Å²) < 4.78 is 14.8. The van der Waals surface area contributed by atoms with Gasteiger partial charge in [-0.3, -0.25) is 14.3 Å². The van der Waals surface area contributed by atoms with Crippen molar-refractivity contribution < 1.29 is 9.18 Å². The van der Waals surface area contributed by atoms with Crippen molar-refractivity contribution in [1.29, 1.82) is 0 Å². The van der Waals surface area contributed by atoms with Crippen molar-refractivity contribution in [2.24, 2.45) is 0 Å². The number of nitrogens with zero attached hydrogens (tertiary/aromatic N) is 5. The van der Waals surface area contributed by atoms with Crippen LogP contribution in [0.15, 0.2) is 55.4 Å². The highest BCUT2D eigenvalue weighted by atomic mass is 19.1. The molecule has 1 amide bonds. The van der Waals surface area contributed by atoms with Crippen LogP contribution < -0.4 is 0 Å². The lowest BCUT2D eigenvalue weighted by molar-refractivity contribution is 0.0712. The Hall–Kier alpha value is -3.09. The summed E-state index contributed by atoms with van der Waals surface area (Å²) in [6.45, 7) is 1.30. The number of imidazole rings is 1. The quantitative estimate of drug-likeness (QED) is 0.728. The summed E-state index contributed by atoms with van der Waals surface area (Å²) in [6.07, 6.45) is 10.4. The summed E-state index contributed by atoms with van der Waals surface area (Å²) in [5.74, 6) is 0.617. The van der Waals surface area contributed by atoms with Crippen molar-refractivity contribution >= 4 is 5.91 Å². The lowest BCUT2D eigenvalue weighted by atomic mass is 9.93. The Balaban J connectivity index is 1.43. The van der Waals surface area contributed by atoms with Gasteiger partial charge in [-0.15, -0.1) is 0 Å². The molecule has 0 unspecified atom stereocenters. The molecule has 3 heterocycles. The molecule has 7 heteroatoms. The maximum atomic E-state index is 13.0. The Morgan fingerprint density at radius 2 is 1.85 bits per heavy atom. The van der Waals surface area contributed by atoms with Crippen LogP contribution in [0.3, 0.4) is 0 Å². The maximum Gasteiger partial charge on any atom is 0.253 e. The Morgan fingerprint density at radius 1 is 1.08 bits per heavy atom. The average Bonchev–Trinajstić information content (AvgIpc) is 3.23. The monoisotopic (exact) mass is 351 g/mol. The minimum absolute atomic E-state index is 0.0540. The van der Waals surface area contributed by atoms with Crippen molar-refractivity contribution in [3.63, 3.8) is 0 Å². The maximum absolute atomic E-state index is 13.0. The minimum Gasteiger partial charge on any atom is -0.339 e. The van der Waals surface area contributed by atoms with E-state index in [0.29, 0.717) is 18.7 Å². The first kappa shape index (κ1) is 16.4. The second-order valence-corrected chi connectivity index (χ2v) is 6.35. The zero-order chi connectivity index (χ0) is 17.9. The van der Waals surface area contributed by atoms with E-state index in [-0.39, 0.29) is 17.6 Å². The normalized spacial score (nSPS) is 15.2. The Morgan fingerprint density at radius 3 is 2.54 bits per heavy atom. The van der Waals surface area contributed by atoms with E-state index in [1.807, 2.05) is 15.7 Å². The average molecular weight is 351 g/mol. The molecule has 0 N–H and O–H groups in total. The fraction of sp³-hybridized carbons (Fsp3) is 0.263. The van der Waals surface area contributed by atoms with Crippen LogP contribution in [0.25, 0.3) is 5.82 Å². The standard InChI is InChI=1S/C19H18FN5O/c20-16-3-1-15(2-4-16)19(26)24-8-5-14(6-9-24)17-11-22-12-18(23-17)25-10-7-21-13-25/h1-4,7,10-14H,5-6,8-9H2. The highest BCUT2D eigenvalue weighted by Gasteiger charge is 2.25. The van der Waals surface area contributed by atoms with E-state index < -0.39 is 0 Å². The van der Waals surface area contributed by atoms with Crippen molar-refractivity contribution in [1.82, 2.24) is 24.4 Å². The summed E-state index contributed by atoms with van der Waals surface area (Å²) >= 11 is 0. The zero-order valence-corrected chi connectivity index (χ0v) is 14.1. The van der Waals surface area contributed by atoms with E-state index in [1.54, 1.807) is 24.9 Å². The molecule has 132 valence electrons. The number of carbonyl (C=O) groups is 1. The number of benzene rings is 1. The van der Waals surface area contributed by atoms with Crippen molar-refractivity contribution in [3.05, 3.63) is 72.5 Å². The van der Waals surface area contributed by atoms with Gasteiger partial charge in [0.25, 0.3) is 5.91 Å². The van der Waals surface area contributed by atoms with E-state index in [4.69, 9.17) is 4.98 Å². The number of hydrogen-bond acceptors (Lipinski definition) is 4. The summed E-state index contributed by atoms with van der Waals surface area (Å²) in [4.78, 5) is 27.4. The van der Waals surface area contributed by atoms with Gasteiger partial charge in [-0.05, 0) is 37.1 Å². The number of aromatic nitrogens is 4. The van der Waals surface area contributed by atoms with Crippen LogP contribution in [0.1, 0.15) is 34.8 Å². The molecule has 0 aliphatic carbocycles. The molecule has 0 saturated carbocycles. The topological polar surface area (TPSA) is 63.9 Å². The smallest absolute Gasteiger partial charge is 0.253 e. The number of hydrogen-bond donors (Lipinski definition) is 0. The van der Waals surface area contributed by atoms with Gasteiger partial charge in [-0.25, -0.2) is 14.4 Å². The third kappa shape index (κ3) is 3.33. The molecule has 0 radical (unpaired) electrons. The van der Waals surface area contributed by atoms with Gasteiger partial charge in [-0.1, -0.05) is 0 Å². The van der Waals surface area contributed by atoms with Gasteiger partial charge < -0.3 is 4.90 Å². The molecule has 4 rings (SSSR count). The van der Waals surface area contributed by atoms with Gasteiger partial charge in [0, 0.05) is 43.2 Å². The number of likely N-dealkylation sites (tertiary alicyclic amines) is 1. The summed E-state index contributed by atoms with van der Waals surface area (Å²) in [7, 11) is 0. The van der Waals surface area contributed by atoms with Crippen LogP contribution in [0, 0.1) is 5.82 Å². The molecule has 1 saturated heterocycles. The highest BCUT2D eigenvalue weighted by Crippen LogP contribution is 2.27. The van der Waals surface area contributed by atoms with Crippen LogP contribution in [0.5, 0.6) is 0 Å². The predicted molar refractivity (Wildman–Crippen MR) is 93.4 cm³/mol. The number of amides is 1. The molecule has 2 aromatic heterocycles. The number of halogens is 1. The van der Waals surface area contributed by atoms with Gasteiger partial charge in [0.1, 0.15) is 12.1 Å². The summed E-state index contributed by atoms with van der Waals surface area (Å²) in [5, 5.41) is 0. The van der Waals surface area contributed by atoms with E-state index in [9.17, 15) is 9.18 Å². The number of piperidine rings is 1. The van der Waals surface area contributed by atoms with Gasteiger partial charge in [0.15, 0.2) is 5.82 Å². The lowest BCUT2D eigenvalue weighted by Gasteiger charge is -2.31. The Bertz CT molecular complexity index is 887. The van der Waals surface area contributed by atoms with Crippen LogP contribution in [-0.4, -0.2) is 43.4 Å². The first-order chi connectivity index (χ1) is 12.7. The molecule has 3 aromatic rings. The molecule has 0 atom stereocenters. The second kappa shape index (κ2) is 7.03. The molecule has 0 bridgehead atoms. The Labute approximate surface area is 150 Å². The molecular weight excluding hydrogens is 333 g/mol. The molecule has 1 aliphatic heterocycles. The third-order valence-corrected chi connectivity index (χ3v) is 4.70. The van der Waals surface area contributed by atoms with Crippen molar-refractivity contribution in [2.45, 2.75) is 18.8 Å². The van der Waals surface area contributed by atoms with Crippen LogP contribution in [0.2, 0.25) is 0 Å². The largest absolute Gasteiger partial charge is 0.339 e. The van der Waals surface area contributed by atoms with Crippen LogP contribution >= 0.6 is 0 Å². The van der Waals surface area contributed by atoms with E-state index in [1.165, 1.54) is 24.3 Å². The fourth-order valence-corrected chi connectivity index (χ4v) is 3.24. The highest BCUT2D eigenvalue weighted by molar-refractivity contribution is 5.94. The van der Waals surface area contributed by atoms with Gasteiger partial charge in [-0.2, -0.15) is 0 Å². The molecule has 1 fully saturated rings. The van der Waals surface area contributed by atoms with E-state index in [0.717, 1.165) is 24.4 Å². The van der Waals surface area contributed by atoms with Crippen molar-refractivity contribution in [3.8, 4) is 5.82 Å². The third-order valence-electron chi connectivity index (χ3n) is 4.70. The first-order valence-electron chi connectivity index (χ1n) is 8.56. The predicted octanol–water partition coefficient (Wildman–Crippen LogP) is 2.82. The Kier molecular flexibility index (Phi) is 4.43. The molecule has 1 aromatic carbocycles. The van der Waals surface area contributed by atoms with Gasteiger partial charge >= 0.3 is 0 Å². The number of rotatable bonds is 3. The van der Waals surface area contributed by atoms with Gasteiger partial charge in [0.05, 0.1) is 11.9 Å². The minimum atomic E-state index is -0.336.